The number of sulfonamides is 1. The van der Waals surface area contributed by atoms with Crippen molar-refractivity contribution in [2.75, 3.05) is 31.6 Å². The van der Waals surface area contributed by atoms with Gasteiger partial charge in [-0.3, -0.25) is 4.79 Å². The summed E-state index contributed by atoms with van der Waals surface area (Å²) < 4.78 is 48.6. The van der Waals surface area contributed by atoms with Crippen molar-refractivity contribution in [1.29, 1.82) is 0 Å². The molecule has 1 aliphatic heterocycles. The molecule has 1 amide bonds. The van der Waals surface area contributed by atoms with Crippen molar-refractivity contribution >= 4 is 33.4 Å². The van der Waals surface area contributed by atoms with E-state index in [0.29, 0.717) is 10.6 Å². The second-order valence-corrected chi connectivity index (χ2v) is 9.98. The monoisotopic (exact) mass is 476 g/mol. The molecule has 2 heterocycles. The van der Waals surface area contributed by atoms with Crippen molar-refractivity contribution in [1.82, 2.24) is 13.9 Å². The van der Waals surface area contributed by atoms with Gasteiger partial charge in [-0.05, 0) is 42.1 Å². The number of amides is 1. The molecule has 0 atom stereocenters. The molecule has 3 aromatic rings. The van der Waals surface area contributed by atoms with Crippen molar-refractivity contribution in [3.05, 3.63) is 66.2 Å². The van der Waals surface area contributed by atoms with E-state index in [-0.39, 0.29) is 36.8 Å². The number of rotatable bonds is 6. The van der Waals surface area contributed by atoms with Crippen LogP contribution < -0.4 is 5.32 Å². The zero-order valence-corrected chi connectivity index (χ0v) is 18.8. The number of anilines is 1. The van der Waals surface area contributed by atoms with Crippen LogP contribution in [0, 0.1) is 5.82 Å². The van der Waals surface area contributed by atoms with E-state index in [1.54, 1.807) is 24.5 Å². The minimum Gasteiger partial charge on any atom is -0.379 e. The third-order valence-electron chi connectivity index (χ3n) is 4.90. The Morgan fingerprint density at radius 3 is 2.66 bits per heavy atom. The van der Waals surface area contributed by atoms with Gasteiger partial charge in [-0.25, -0.2) is 17.8 Å². The van der Waals surface area contributed by atoms with Crippen molar-refractivity contribution in [2.24, 2.45) is 7.05 Å². The number of imidazole rings is 1. The Kier molecular flexibility index (Phi) is 6.60. The molecule has 0 saturated carbocycles. The summed E-state index contributed by atoms with van der Waals surface area (Å²) in [5.41, 5.74) is 0.113. The average Bonchev–Trinajstić information content (AvgIpc) is 3.20. The molecule has 1 aliphatic rings. The number of nitrogens with one attached hydrogen (secondary N) is 1. The van der Waals surface area contributed by atoms with Crippen LogP contribution in [-0.4, -0.2) is 54.5 Å². The lowest BCUT2D eigenvalue weighted by Crippen LogP contribution is -2.40. The van der Waals surface area contributed by atoms with Gasteiger partial charge >= 0.3 is 0 Å². The zero-order chi connectivity index (χ0) is 22.7. The smallest absolute Gasteiger partial charge is 0.258 e. The lowest BCUT2D eigenvalue weighted by Gasteiger charge is -2.26. The number of aromatic nitrogens is 2. The van der Waals surface area contributed by atoms with E-state index in [2.05, 4.69) is 10.3 Å². The van der Waals surface area contributed by atoms with Gasteiger partial charge in [0.15, 0.2) is 5.16 Å². The number of morpholine rings is 1. The van der Waals surface area contributed by atoms with Crippen molar-refractivity contribution < 1.29 is 22.3 Å². The summed E-state index contributed by atoms with van der Waals surface area (Å²) in [6.45, 7) is 0.995. The fourth-order valence-electron chi connectivity index (χ4n) is 3.17. The molecule has 8 nitrogen and oxygen atoms in total. The number of para-hydroxylation sites is 1. The maximum absolute atomic E-state index is 14.5. The fraction of sp³-hybridized carbons (Fsp3) is 0.238. The van der Waals surface area contributed by atoms with Gasteiger partial charge in [0.1, 0.15) is 5.82 Å². The second kappa shape index (κ2) is 9.41. The lowest BCUT2D eigenvalue weighted by molar-refractivity contribution is 0.0730. The summed E-state index contributed by atoms with van der Waals surface area (Å²) >= 11 is 1.34. The molecule has 2 aromatic carbocycles. The minimum atomic E-state index is -3.86. The topological polar surface area (TPSA) is 93.5 Å². The Hall–Kier alpha value is -2.73. The van der Waals surface area contributed by atoms with Gasteiger partial charge < -0.3 is 14.6 Å². The van der Waals surface area contributed by atoms with E-state index >= 15 is 0 Å². The summed E-state index contributed by atoms with van der Waals surface area (Å²) in [5, 5.41) is 3.41. The molecule has 0 bridgehead atoms. The van der Waals surface area contributed by atoms with E-state index in [4.69, 9.17) is 4.74 Å². The molecule has 11 heteroatoms. The molecule has 1 N–H and O–H groups in total. The Bertz CT molecular complexity index is 1240. The number of nitrogens with zero attached hydrogens (tertiary/aromatic N) is 3. The summed E-state index contributed by atoms with van der Waals surface area (Å²) in [6.07, 6.45) is 3.47. The molecule has 168 valence electrons. The third-order valence-corrected chi connectivity index (χ3v) is 7.95. The van der Waals surface area contributed by atoms with E-state index in [9.17, 15) is 17.6 Å². The highest BCUT2D eigenvalue weighted by atomic mass is 32.2. The molecule has 0 radical (unpaired) electrons. The maximum Gasteiger partial charge on any atom is 0.258 e. The van der Waals surface area contributed by atoms with Crippen molar-refractivity contribution in [2.45, 2.75) is 14.9 Å². The number of aryl methyl sites for hydroxylation is 1. The minimum absolute atomic E-state index is 0.137. The molecule has 0 unspecified atom stereocenters. The van der Waals surface area contributed by atoms with Crippen LogP contribution in [0.15, 0.2) is 69.8 Å². The molecular weight excluding hydrogens is 455 g/mol. The number of carbonyl (C=O) groups excluding carboxylic acids is 1. The number of ether oxygens (including phenoxy) is 1. The number of hydrogen-bond donors (Lipinski definition) is 1. The Labute approximate surface area is 189 Å². The standard InChI is InChI=1S/C21H21FN4O4S2/c1-25-9-8-23-21(25)31-19-5-3-2-4-18(19)24-20(27)16-14-15(6-7-17(16)22)32(28,29)26-10-12-30-13-11-26/h2-9,14H,10-13H2,1H3,(H,24,27). The first-order valence-corrected chi connectivity index (χ1v) is 12.0. The zero-order valence-electron chi connectivity index (χ0n) is 17.2. The van der Waals surface area contributed by atoms with Gasteiger partial charge in [-0.15, -0.1) is 0 Å². The van der Waals surface area contributed by atoms with Gasteiger partial charge in [-0.2, -0.15) is 4.31 Å². The molecule has 1 fully saturated rings. The fourth-order valence-corrected chi connectivity index (χ4v) is 5.50. The molecule has 1 aromatic heterocycles. The van der Waals surface area contributed by atoms with Gasteiger partial charge in [0, 0.05) is 37.4 Å². The van der Waals surface area contributed by atoms with Gasteiger partial charge in [0.05, 0.1) is 29.4 Å². The largest absolute Gasteiger partial charge is 0.379 e. The highest BCUT2D eigenvalue weighted by Gasteiger charge is 2.28. The first-order valence-electron chi connectivity index (χ1n) is 9.79. The van der Waals surface area contributed by atoms with Crippen molar-refractivity contribution in [3.8, 4) is 0 Å². The summed E-state index contributed by atoms with van der Waals surface area (Å²) in [4.78, 5) is 17.7. The van der Waals surface area contributed by atoms with Crippen LogP contribution in [0.4, 0.5) is 10.1 Å². The first kappa shape index (κ1) is 22.5. The summed E-state index contributed by atoms with van der Waals surface area (Å²) in [6, 6.07) is 10.3. The highest BCUT2D eigenvalue weighted by Crippen LogP contribution is 2.32. The van der Waals surface area contributed by atoms with Crippen LogP contribution in [0.5, 0.6) is 0 Å². The van der Waals surface area contributed by atoms with Crippen LogP contribution in [0.2, 0.25) is 0 Å². The van der Waals surface area contributed by atoms with E-state index in [1.807, 2.05) is 23.7 Å². The van der Waals surface area contributed by atoms with Gasteiger partial charge in [0.2, 0.25) is 10.0 Å². The normalized spacial score (nSPS) is 14.9. The number of halogens is 1. The predicted molar refractivity (Wildman–Crippen MR) is 118 cm³/mol. The van der Waals surface area contributed by atoms with E-state index in [1.165, 1.54) is 22.1 Å². The lowest BCUT2D eigenvalue weighted by atomic mass is 10.2. The molecule has 4 rings (SSSR count). The van der Waals surface area contributed by atoms with Crippen LogP contribution in [-0.2, 0) is 21.8 Å². The Morgan fingerprint density at radius 1 is 1.19 bits per heavy atom. The number of carbonyl (C=O) groups is 1. The predicted octanol–water partition coefficient (Wildman–Crippen LogP) is 2.98. The third kappa shape index (κ3) is 4.70. The Balaban J connectivity index is 1.59. The first-order chi connectivity index (χ1) is 15.4. The Morgan fingerprint density at radius 2 is 1.94 bits per heavy atom. The van der Waals surface area contributed by atoms with Crippen molar-refractivity contribution in [3.63, 3.8) is 0 Å². The quantitative estimate of drug-likeness (QED) is 0.588. The molecule has 0 spiro atoms. The molecule has 32 heavy (non-hydrogen) atoms. The maximum atomic E-state index is 14.5. The molecular formula is C21H21FN4O4S2. The summed E-state index contributed by atoms with van der Waals surface area (Å²) in [7, 11) is -2.01. The van der Waals surface area contributed by atoms with E-state index in [0.717, 1.165) is 17.3 Å². The SMILES string of the molecule is Cn1ccnc1Sc1ccccc1NC(=O)c1cc(S(=O)(=O)N2CCOCC2)ccc1F. The second-order valence-electron chi connectivity index (χ2n) is 7.03. The van der Waals surface area contributed by atoms with Crippen LogP contribution in [0.3, 0.4) is 0 Å². The molecule has 0 aliphatic carbocycles. The van der Waals surface area contributed by atoms with Crippen LogP contribution >= 0.6 is 11.8 Å². The molecule has 1 saturated heterocycles. The van der Waals surface area contributed by atoms with Crippen LogP contribution in [0.25, 0.3) is 0 Å². The number of benzene rings is 2. The summed E-state index contributed by atoms with van der Waals surface area (Å²) in [5.74, 6) is -1.55. The van der Waals surface area contributed by atoms with Gasteiger partial charge in [-0.1, -0.05) is 12.1 Å². The van der Waals surface area contributed by atoms with Crippen LogP contribution in [0.1, 0.15) is 10.4 Å². The van der Waals surface area contributed by atoms with Gasteiger partial charge in [0.25, 0.3) is 5.91 Å². The van der Waals surface area contributed by atoms with E-state index < -0.39 is 21.7 Å². The highest BCUT2D eigenvalue weighted by molar-refractivity contribution is 7.99. The average molecular weight is 477 g/mol. The number of hydrogen-bond acceptors (Lipinski definition) is 6.